The van der Waals surface area contributed by atoms with E-state index in [2.05, 4.69) is 33.1 Å². The van der Waals surface area contributed by atoms with Crippen molar-refractivity contribution in [2.45, 2.75) is 38.3 Å². The molecule has 154 valence electrons. The zero-order chi connectivity index (χ0) is 21.1. The van der Waals surface area contributed by atoms with Crippen LogP contribution in [0.1, 0.15) is 32.2 Å². The van der Waals surface area contributed by atoms with Gasteiger partial charge in [-0.1, -0.05) is 31.0 Å². The number of allylic oxidation sites excluding steroid dienone is 1. The molecule has 1 amide bonds. The number of imidazole rings is 1. The van der Waals surface area contributed by atoms with Crippen molar-refractivity contribution in [3.8, 4) is 12.3 Å². The standard InChI is InChI=1S/C21H26ClN5O2/c1-5-12(2)7-6-8-24-15-10-17(22)26-20-18(15)25-11-27(20)19-13(3)14(9-16(19)28)21(29)23-4/h1,10-11,13-14,16,19,28H,2,6-9H2,3-4H3,(H,23,29)(H,24,26)/t13-,14?,16+,19?/m0/s1. The Balaban J connectivity index is 1.86. The van der Waals surface area contributed by atoms with E-state index < -0.39 is 6.10 Å². The first-order valence-electron chi connectivity index (χ1n) is 9.68. The summed E-state index contributed by atoms with van der Waals surface area (Å²) in [7, 11) is 1.61. The molecule has 1 saturated carbocycles. The van der Waals surface area contributed by atoms with Crippen LogP contribution in [0.2, 0.25) is 5.15 Å². The predicted octanol–water partition coefficient (Wildman–Crippen LogP) is 2.77. The number of carbonyl (C=O) groups excluding carboxylic acids is 1. The second kappa shape index (κ2) is 8.85. The molecule has 7 nitrogen and oxygen atoms in total. The monoisotopic (exact) mass is 415 g/mol. The Labute approximate surface area is 175 Å². The van der Waals surface area contributed by atoms with Crippen LogP contribution in [-0.4, -0.2) is 45.2 Å². The minimum atomic E-state index is -0.670. The lowest BCUT2D eigenvalue weighted by atomic mass is 9.95. The van der Waals surface area contributed by atoms with Crippen LogP contribution >= 0.6 is 11.6 Å². The number of pyridine rings is 1. The molecule has 0 aliphatic heterocycles. The number of terminal acetylenes is 1. The molecule has 0 aromatic carbocycles. The summed E-state index contributed by atoms with van der Waals surface area (Å²) in [6, 6.07) is 1.43. The number of fused-ring (bicyclic) bond motifs is 1. The highest BCUT2D eigenvalue weighted by atomic mass is 35.5. The van der Waals surface area contributed by atoms with Crippen LogP contribution in [0.15, 0.2) is 24.5 Å². The van der Waals surface area contributed by atoms with Crippen molar-refractivity contribution >= 4 is 34.4 Å². The smallest absolute Gasteiger partial charge is 0.223 e. The van der Waals surface area contributed by atoms with Crippen molar-refractivity contribution in [2.24, 2.45) is 11.8 Å². The number of aliphatic hydroxyl groups is 1. The Morgan fingerprint density at radius 2 is 2.31 bits per heavy atom. The van der Waals surface area contributed by atoms with E-state index in [0.717, 1.165) is 24.1 Å². The molecule has 1 aliphatic carbocycles. The van der Waals surface area contributed by atoms with Gasteiger partial charge in [-0.3, -0.25) is 4.79 Å². The molecule has 0 bridgehead atoms. The summed E-state index contributed by atoms with van der Waals surface area (Å²) in [5.74, 6) is 2.14. The average Bonchev–Trinajstić information content (AvgIpc) is 3.24. The maximum Gasteiger partial charge on any atom is 0.223 e. The fourth-order valence-electron chi connectivity index (χ4n) is 4.10. The molecule has 2 aromatic rings. The molecule has 0 radical (unpaired) electrons. The average molecular weight is 416 g/mol. The van der Waals surface area contributed by atoms with Crippen molar-refractivity contribution < 1.29 is 9.90 Å². The summed E-state index contributed by atoms with van der Waals surface area (Å²) in [5, 5.41) is 17.0. The van der Waals surface area contributed by atoms with E-state index in [4.69, 9.17) is 18.0 Å². The SMILES string of the molecule is C#CC(=C)CCCNc1cc(Cl)nc2c1ncn2C1[C@@H](C)C(C(=O)NC)C[C@H]1O. The Hall–Kier alpha value is -2.56. The molecule has 2 heterocycles. The molecule has 2 aromatic heterocycles. The highest BCUT2D eigenvalue weighted by Gasteiger charge is 2.44. The fraction of sp³-hybridized carbons (Fsp3) is 0.476. The number of rotatable bonds is 7. The summed E-state index contributed by atoms with van der Waals surface area (Å²) in [6.07, 6.45) is 8.29. The summed E-state index contributed by atoms with van der Waals surface area (Å²) >= 11 is 6.26. The molecule has 0 saturated heterocycles. The first-order chi connectivity index (χ1) is 13.9. The summed E-state index contributed by atoms with van der Waals surface area (Å²) in [5.41, 5.74) is 2.80. The van der Waals surface area contributed by atoms with Gasteiger partial charge in [0, 0.05) is 25.6 Å². The second-order valence-electron chi connectivity index (χ2n) is 7.47. The number of hydrogen-bond donors (Lipinski definition) is 3. The van der Waals surface area contributed by atoms with E-state index in [0.29, 0.717) is 29.3 Å². The predicted molar refractivity (Wildman–Crippen MR) is 115 cm³/mol. The van der Waals surface area contributed by atoms with Crippen LogP contribution in [0.25, 0.3) is 11.2 Å². The lowest BCUT2D eigenvalue weighted by Gasteiger charge is -2.23. The molecule has 8 heteroatoms. The molecule has 4 atom stereocenters. The van der Waals surface area contributed by atoms with Gasteiger partial charge in [-0.05, 0) is 30.8 Å². The van der Waals surface area contributed by atoms with E-state index in [1.807, 2.05) is 11.5 Å². The Morgan fingerprint density at radius 3 is 3.00 bits per heavy atom. The van der Waals surface area contributed by atoms with Gasteiger partial charge >= 0.3 is 0 Å². The van der Waals surface area contributed by atoms with Crippen molar-refractivity contribution in [1.29, 1.82) is 0 Å². The quantitative estimate of drug-likeness (QED) is 0.367. The lowest BCUT2D eigenvalue weighted by Crippen LogP contribution is -2.30. The van der Waals surface area contributed by atoms with Crippen LogP contribution in [0.5, 0.6) is 0 Å². The first-order valence-corrected chi connectivity index (χ1v) is 10.1. The molecular formula is C21H26ClN5O2. The number of anilines is 1. The normalized spacial score (nSPS) is 23.7. The largest absolute Gasteiger partial charge is 0.391 e. The molecular weight excluding hydrogens is 390 g/mol. The van der Waals surface area contributed by atoms with Gasteiger partial charge in [0.05, 0.1) is 24.2 Å². The number of nitrogens with one attached hydrogen (secondary N) is 2. The molecule has 1 aliphatic rings. The van der Waals surface area contributed by atoms with Crippen LogP contribution in [0.3, 0.4) is 0 Å². The summed E-state index contributed by atoms with van der Waals surface area (Å²) in [4.78, 5) is 21.1. The maximum absolute atomic E-state index is 12.2. The van der Waals surface area contributed by atoms with Crippen LogP contribution in [0, 0.1) is 24.2 Å². The minimum absolute atomic E-state index is 0.0645. The van der Waals surface area contributed by atoms with E-state index in [1.54, 1.807) is 19.4 Å². The molecule has 29 heavy (non-hydrogen) atoms. The fourth-order valence-corrected chi connectivity index (χ4v) is 4.29. The topological polar surface area (TPSA) is 92.1 Å². The minimum Gasteiger partial charge on any atom is -0.391 e. The zero-order valence-corrected chi connectivity index (χ0v) is 17.4. The first kappa shape index (κ1) is 21.2. The van der Waals surface area contributed by atoms with Gasteiger partial charge in [0.1, 0.15) is 10.7 Å². The zero-order valence-electron chi connectivity index (χ0n) is 16.7. The highest BCUT2D eigenvalue weighted by molar-refractivity contribution is 6.30. The van der Waals surface area contributed by atoms with E-state index in [-0.39, 0.29) is 23.8 Å². The van der Waals surface area contributed by atoms with E-state index in [9.17, 15) is 9.90 Å². The Bertz CT molecular complexity index is 964. The van der Waals surface area contributed by atoms with E-state index in [1.165, 1.54) is 0 Å². The van der Waals surface area contributed by atoms with Crippen LogP contribution < -0.4 is 10.6 Å². The maximum atomic E-state index is 12.2. The third-order valence-electron chi connectivity index (χ3n) is 5.64. The van der Waals surface area contributed by atoms with Gasteiger partial charge in [-0.15, -0.1) is 6.42 Å². The Morgan fingerprint density at radius 1 is 1.55 bits per heavy atom. The van der Waals surface area contributed by atoms with Gasteiger partial charge in [0.25, 0.3) is 0 Å². The van der Waals surface area contributed by atoms with Gasteiger partial charge < -0.3 is 20.3 Å². The third-order valence-corrected chi connectivity index (χ3v) is 5.83. The van der Waals surface area contributed by atoms with Crippen LogP contribution in [-0.2, 0) is 4.79 Å². The number of nitrogens with zero attached hydrogens (tertiary/aromatic N) is 3. The molecule has 3 N–H and O–H groups in total. The van der Waals surface area contributed by atoms with Gasteiger partial charge in [-0.2, -0.15) is 0 Å². The van der Waals surface area contributed by atoms with Gasteiger partial charge in [0.15, 0.2) is 5.65 Å². The molecule has 3 rings (SSSR count). The number of aliphatic hydroxyl groups excluding tert-OH is 1. The lowest BCUT2D eigenvalue weighted by molar-refractivity contribution is -0.125. The van der Waals surface area contributed by atoms with Crippen molar-refractivity contribution in [2.75, 3.05) is 18.9 Å². The van der Waals surface area contributed by atoms with E-state index >= 15 is 0 Å². The number of carbonyl (C=O) groups is 1. The highest BCUT2D eigenvalue weighted by Crippen LogP contribution is 2.42. The van der Waals surface area contributed by atoms with Crippen LogP contribution in [0.4, 0.5) is 5.69 Å². The third kappa shape index (κ3) is 4.24. The van der Waals surface area contributed by atoms with Gasteiger partial charge in [-0.25, -0.2) is 9.97 Å². The number of hydrogen-bond acceptors (Lipinski definition) is 5. The number of amides is 1. The summed E-state index contributed by atoms with van der Waals surface area (Å²) < 4.78 is 1.84. The summed E-state index contributed by atoms with van der Waals surface area (Å²) in [6.45, 7) is 6.46. The second-order valence-corrected chi connectivity index (χ2v) is 7.86. The van der Waals surface area contributed by atoms with Crippen molar-refractivity contribution in [1.82, 2.24) is 19.9 Å². The Kier molecular flexibility index (Phi) is 6.46. The van der Waals surface area contributed by atoms with Gasteiger partial charge in [0.2, 0.25) is 5.91 Å². The number of halogens is 1. The molecule has 1 fully saturated rings. The van der Waals surface area contributed by atoms with Crippen molar-refractivity contribution in [3.05, 3.63) is 29.7 Å². The molecule has 2 unspecified atom stereocenters. The van der Waals surface area contributed by atoms with Crippen molar-refractivity contribution in [3.63, 3.8) is 0 Å². The number of aromatic nitrogens is 3. The molecule has 0 spiro atoms.